The highest BCUT2D eigenvalue weighted by Gasteiger charge is 2.48. The number of anilines is 1. The van der Waals surface area contributed by atoms with Crippen molar-refractivity contribution in [2.24, 2.45) is 0 Å². The minimum absolute atomic E-state index is 0.115. The first-order valence-electron chi connectivity index (χ1n) is 14.7. The highest BCUT2D eigenvalue weighted by molar-refractivity contribution is 7.17. The number of methoxy groups -OCH3 is 2. The Bertz CT molecular complexity index is 1550. The van der Waals surface area contributed by atoms with E-state index in [1.807, 2.05) is 0 Å². The molecule has 3 aromatic rings. The summed E-state index contributed by atoms with van der Waals surface area (Å²) in [5.74, 6) is -1.31. The number of aromatic nitrogens is 1. The zero-order chi connectivity index (χ0) is 31.8. The molecule has 0 spiro atoms. The molecule has 1 atom stereocenters. The summed E-state index contributed by atoms with van der Waals surface area (Å²) in [6.45, 7) is 6.80. The fourth-order valence-corrected chi connectivity index (χ4v) is 5.86. The van der Waals surface area contributed by atoms with E-state index in [9.17, 15) is 19.5 Å². The minimum Gasteiger partial charge on any atom is -0.507 e. The summed E-state index contributed by atoms with van der Waals surface area (Å²) in [5, 5.41) is 11.7. The van der Waals surface area contributed by atoms with Crippen LogP contribution in [0.4, 0.5) is 5.13 Å². The molecule has 1 aromatic heterocycles. The van der Waals surface area contributed by atoms with Crippen molar-refractivity contribution >= 4 is 39.9 Å². The van der Waals surface area contributed by atoms with Gasteiger partial charge in [-0.2, -0.15) is 0 Å². The molecule has 1 amide bonds. The molecule has 10 nitrogen and oxygen atoms in total. The molecule has 4 rings (SSSR count). The first-order chi connectivity index (χ1) is 21.2. The van der Waals surface area contributed by atoms with Gasteiger partial charge in [-0.1, -0.05) is 62.6 Å². The maximum absolute atomic E-state index is 13.7. The van der Waals surface area contributed by atoms with Crippen molar-refractivity contribution in [1.82, 2.24) is 4.98 Å². The SMILES string of the molecule is CCCCCOc1ccc(C2C(=C(O)c3cccc(OCCCC)c3)C(=O)C(=O)N2c2nc(C)c(C(=O)OC)s2)cc1OC. The van der Waals surface area contributed by atoms with Gasteiger partial charge in [0.25, 0.3) is 5.78 Å². The third-order valence-corrected chi connectivity index (χ3v) is 8.33. The molecule has 11 heteroatoms. The van der Waals surface area contributed by atoms with Gasteiger partial charge in [-0.05, 0) is 49.6 Å². The average Bonchev–Trinajstić information content (AvgIpc) is 3.54. The number of rotatable bonds is 14. The van der Waals surface area contributed by atoms with Crippen molar-refractivity contribution in [1.29, 1.82) is 0 Å². The van der Waals surface area contributed by atoms with Crippen LogP contribution in [-0.2, 0) is 14.3 Å². The topological polar surface area (TPSA) is 124 Å². The molecule has 1 aliphatic heterocycles. The number of thiazole rings is 1. The molecule has 2 aromatic carbocycles. The number of nitrogens with zero attached hydrogens (tertiary/aromatic N) is 2. The third kappa shape index (κ3) is 6.88. The van der Waals surface area contributed by atoms with E-state index < -0.39 is 23.7 Å². The highest BCUT2D eigenvalue weighted by atomic mass is 32.1. The van der Waals surface area contributed by atoms with Crippen molar-refractivity contribution in [3.63, 3.8) is 0 Å². The molecule has 2 heterocycles. The van der Waals surface area contributed by atoms with Crippen molar-refractivity contribution in [2.75, 3.05) is 32.3 Å². The van der Waals surface area contributed by atoms with Gasteiger partial charge in [-0.3, -0.25) is 14.5 Å². The largest absolute Gasteiger partial charge is 0.507 e. The highest BCUT2D eigenvalue weighted by Crippen LogP contribution is 2.45. The first-order valence-corrected chi connectivity index (χ1v) is 15.5. The van der Waals surface area contributed by atoms with Crippen molar-refractivity contribution in [3.05, 3.63) is 69.7 Å². The number of ketones is 1. The lowest BCUT2D eigenvalue weighted by Crippen LogP contribution is -2.29. The second-order valence-corrected chi connectivity index (χ2v) is 11.2. The summed E-state index contributed by atoms with van der Waals surface area (Å²) in [6, 6.07) is 10.8. The molecule has 1 fully saturated rings. The number of hydrogen-bond donors (Lipinski definition) is 1. The lowest BCUT2D eigenvalue weighted by molar-refractivity contribution is -0.132. The average molecular weight is 623 g/mol. The van der Waals surface area contributed by atoms with Crippen LogP contribution < -0.4 is 19.1 Å². The van der Waals surface area contributed by atoms with Crippen molar-refractivity contribution in [2.45, 2.75) is 58.9 Å². The van der Waals surface area contributed by atoms with Crippen LogP contribution in [0.1, 0.15) is 78.5 Å². The lowest BCUT2D eigenvalue weighted by Gasteiger charge is -2.24. The number of carbonyl (C=O) groups excluding carboxylic acids is 3. The number of unbranched alkanes of at least 4 members (excludes halogenated alkanes) is 3. The number of amides is 1. The van der Waals surface area contributed by atoms with E-state index in [2.05, 4.69) is 18.8 Å². The van der Waals surface area contributed by atoms with Crippen LogP contribution in [0.15, 0.2) is 48.0 Å². The summed E-state index contributed by atoms with van der Waals surface area (Å²) in [5.41, 5.74) is 1.01. The smallest absolute Gasteiger partial charge is 0.350 e. The van der Waals surface area contributed by atoms with Gasteiger partial charge in [0.2, 0.25) is 0 Å². The zero-order valence-corrected chi connectivity index (χ0v) is 26.5. The number of benzene rings is 2. The maximum atomic E-state index is 13.7. The molecule has 234 valence electrons. The summed E-state index contributed by atoms with van der Waals surface area (Å²) in [4.78, 5) is 45.6. The van der Waals surface area contributed by atoms with Crippen LogP contribution in [0.2, 0.25) is 0 Å². The van der Waals surface area contributed by atoms with Gasteiger partial charge in [-0.15, -0.1) is 0 Å². The number of carbonyl (C=O) groups is 3. The molecule has 0 radical (unpaired) electrons. The second-order valence-electron chi connectivity index (χ2n) is 10.3. The third-order valence-electron chi connectivity index (χ3n) is 7.19. The Morgan fingerprint density at radius 2 is 1.73 bits per heavy atom. The Balaban J connectivity index is 1.85. The number of aryl methyl sites for hydroxylation is 1. The number of esters is 1. The van der Waals surface area contributed by atoms with Gasteiger partial charge in [0.05, 0.1) is 44.7 Å². The van der Waals surface area contributed by atoms with Crippen LogP contribution in [0.3, 0.4) is 0 Å². The summed E-state index contributed by atoms with van der Waals surface area (Å²) >= 11 is 0.933. The van der Waals surface area contributed by atoms with Crippen LogP contribution >= 0.6 is 11.3 Å². The molecular weight excluding hydrogens is 584 g/mol. The van der Waals surface area contributed by atoms with E-state index in [0.717, 1.165) is 43.4 Å². The minimum atomic E-state index is -1.08. The molecular formula is C33H38N2O8S. The Morgan fingerprint density at radius 3 is 2.43 bits per heavy atom. The van der Waals surface area contributed by atoms with E-state index in [4.69, 9.17) is 18.9 Å². The summed E-state index contributed by atoms with van der Waals surface area (Å²) < 4.78 is 22.3. The van der Waals surface area contributed by atoms with Gasteiger partial charge < -0.3 is 24.1 Å². The predicted octanol–water partition coefficient (Wildman–Crippen LogP) is 6.62. The van der Waals surface area contributed by atoms with E-state index in [1.54, 1.807) is 49.4 Å². The molecule has 1 aliphatic rings. The lowest BCUT2D eigenvalue weighted by atomic mass is 9.95. The van der Waals surface area contributed by atoms with Crippen LogP contribution in [0.25, 0.3) is 5.76 Å². The number of aliphatic hydroxyl groups is 1. The van der Waals surface area contributed by atoms with Gasteiger partial charge in [0.1, 0.15) is 16.4 Å². The molecule has 1 saturated heterocycles. The Labute approximate surface area is 261 Å². The molecule has 44 heavy (non-hydrogen) atoms. The van der Waals surface area contributed by atoms with Gasteiger partial charge in [-0.25, -0.2) is 9.78 Å². The number of Topliss-reactive ketones (excluding diaryl/α,β-unsaturated/α-hetero) is 1. The van der Waals surface area contributed by atoms with Gasteiger partial charge >= 0.3 is 11.9 Å². The van der Waals surface area contributed by atoms with Gasteiger partial charge in [0.15, 0.2) is 16.6 Å². The first kappa shape index (κ1) is 32.5. The Morgan fingerprint density at radius 1 is 0.977 bits per heavy atom. The van der Waals surface area contributed by atoms with E-state index in [0.29, 0.717) is 47.3 Å². The maximum Gasteiger partial charge on any atom is 0.350 e. The standard InChI is InChI=1S/C33H38N2O8S/c1-6-8-10-17-43-24-15-14-21(19-25(24)40-4)27-26(28(36)22-12-11-13-23(18-22)42-16-9-7-2)29(37)31(38)35(27)33-34-20(3)30(44-33)32(39)41-5/h11-15,18-19,27,36H,6-10,16-17H2,1-5H3. The van der Waals surface area contributed by atoms with Gasteiger partial charge in [0, 0.05) is 5.56 Å². The van der Waals surface area contributed by atoms with E-state index in [-0.39, 0.29) is 21.3 Å². The Hall–Kier alpha value is -4.38. The fourth-order valence-electron chi connectivity index (χ4n) is 4.84. The van der Waals surface area contributed by atoms with Crippen LogP contribution in [-0.4, -0.2) is 55.2 Å². The quantitative estimate of drug-likeness (QED) is 0.0694. The monoisotopic (exact) mass is 622 g/mol. The zero-order valence-electron chi connectivity index (χ0n) is 25.7. The predicted molar refractivity (Wildman–Crippen MR) is 168 cm³/mol. The second kappa shape index (κ2) is 14.9. The van der Waals surface area contributed by atoms with Crippen LogP contribution in [0, 0.1) is 6.92 Å². The molecule has 0 aliphatic carbocycles. The summed E-state index contributed by atoms with van der Waals surface area (Å²) in [7, 11) is 2.76. The van der Waals surface area contributed by atoms with E-state index in [1.165, 1.54) is 19.1 Å². The fraction of sp³-hybridized carbons (Fsp3) is 0.394. The van der Waals surface area contributed by atoms with Crippen molar-refractivity contribution < 1.29 is 38.4 Å². The number of hydrogen-bond acceptors (Lipinski definition) is 10. The molecule has 1 unspecified atom stereocenters. The van der Waals surface area contributed by atoms with E-state index >= 15 is 0 Å². The Kier molecular flexibility index (Phi) is 11.0. The van der Waals surface area contributed by atoms with Crippen LogP contribution in [0.5, 0.6) is 17.2 Å². The van der Waals surface area contributed by atoms with Crippen molar-refractivity contribution in [3.8, 4) is 17.2 Å². The molecule has 1 N–H and O–H groups in total. The summed E-state index contributed by atoms with van der Waals surface area (Å²) in [6.07, 6.45) is 4.79. The molecule has 0 bridgehead atoms. The molecule has 0 saturated carbocycles. The normalized spacial score (nSPS) is 15.8. The number of ether oxygens (including phenoxy) is 4. The number of aliphatic hydroxyl groups excluding tert-OH is 1.